The van der Waals surface area contributed by atoms with Gasteiger partial charge in [0.05, 0.1) is 22.9 Å². The lowest BCUT2D eigenvalue weighted by atomic mass is 9.51. The zero-order valence-electron chi connectivity index (χ0n) is 17.3. The summed E-state index contributed by atoms with van der Waals surface area (Å²) in [5, 5.41) is 46.1. The molecule has 11 heteroatoms. The predicted octanol–water partition coefficient (Wildman–Crippen LogP) is -2.40. The molecule has 2 saturated carbocycles. The molecule has 31 heavy (non-hydrogen) atoms. The topological polar surface area (TPSA) is 169 Å². The number of hydrogen-bond acceptors (Lipinski definition) is 11. The van der Waals surface area contributed by atoms with Gasteiger partial charge in [-0.3, -0.25) is 4.79 Å². The van der Waals surface area contributed by atoms with E-state index in [4.69, 9.17) is 18.9 Å². The lowest BCUT2D eigenvalue weighted by Gasteiger charge is -2.47. The van der Waals surface area contributed by atoms with Crippen LogP contribution in [0.1, 0.15) is 27.7 Å². The minimum atomic E-state index is -2.40. The van der Waals surface area contributed by atoms with Crippen LogP contribution in [0, 0.1) is 28.1 Å². The first-order valence-electron chi connectivity index (χ1n) is 10.3. The molecule has 0 aromatic heterocycles. The molecule has 170 valence electrons. The monoisotopic (exact) mass is 440 g/mol. The van der Waals surface area contributed by atoms with Crippen molar-refractivity contribution in [1.29, 1.82) is 0 Å². The Morgan fingerprint density at radius 2 is 1.58 bits per heavy atom. The Balaban J connectivity index is 1.75. The Hall–Kier alpha value is -1.79. The van der Waals surface area contributed by atoms with Gasteiger partial charge in [-0.15, -0.1) is 0 Å². The van der Waals surface area contributed by atoms with Crippen molar-refractivity contribution in [2.75, 3.05) is 0 Å². The zero-order valence-corrected chi connectivity index (χ0v) is 17.3. The van der Waals surface area contributed by atoms with Crippen LogP contribution < -0.4 is 0 Å². The fourth-order valence-corrected chi connectivity index (χ4v) is 8.27. The first kappa shape index (κ1) is 19.9. The number of ether oxygens (including phenoxy) is 4. The normalized spacial score (nSPS) is 61.0. The van der Waals surface area contributed by atoms with Crippen LogP contribution in [0.5, 0.6) is 0 Å². The number of aliphatic hydroxyl groups excluding tert-OH is 3. The smallest absolute Gasteiger partial charge is 0.343 e. The third-order valence-corrected chi connectivity index (χ3v) is 8.95. The number of hydrogen-bond donors (Lipinski definition) is 4. The molecule has 0 bridgehead atoms. The molecule has 4 N–H and O–H groups in total. The van der Waals surface area contributed by atoms with Gasteiger partial charge in [0, 0.05) is 5.92 Å². The largest absolute Gasteiger partial charge is 0.456 e. The highest BCUT2D eigenvalue weighted by Crippen LogP contribution is 2.84. The number of carbonyl (C=O) groups is 3. The average molecular weight is 440 g/mol. The van der Waals surface area contributed by atoms with Gasteiger partial charge in [-0.1, -0.05) is 20.8 Å². The average Bonchev–Trinajstić information content (AvgIpc) is 3.35. The Bertz CT molecular complexity index is 957. The van der Waals surface area contributed by atoms with Crippen molar-refractivity contribution in [3.8, 4) is 0 Å². The van der Waals surface area contributed by atoms with Gasteiger partial charge in [0.2, 0.25) is 11.9 Å². The predicted molar refractivity (Wildman–Crippen MR) is 93.4 cm³/mol. The maximum atomic E-state index is 13.4. The first-order chi connectivity index (χ1) is 14.3. The Morgan fingerprint density at radius 1 is 0.935 bits per heavy atom. The lowest BCUT2D eigenvalue weighted by Crippen LogP contribution is -2.67. The van der Waals surface area contributed by atoms with E-state index in [0.29, 0.717) is 0 Å². The SMILES string of the molecule is C[C@@H]1C(=O)O[C@H]2[C@H](O)[C@]34[C@@H]5OC(=O)[C@]3(O[C@@H]3OC(=O)[C@H](O)[C@@]34[C@@H](C(C)(C)C)[C@H]5O)[C@@]12O. The van der Waals surface area contributed by atoms with Crippen molar-refractivity contribution in [1.82, 2.24) is 0 Å². The van der Waals surface area contributed by atoms with Crippen molar-refractivity contribution < 1.29 is 53.8 Å². The van der Waals surface area contributed by atoms with Crippen LogP contribution in [0.3, 0.4) is 0 Å². The highest BCUT2D eigenvalue weighted by atomic mass is 16.8. The molecule has 4 heterocycles. The van der Waals surface area contributed by atoms with Crippen molar-refractivity contribution in [2.24, 2.45) is 28.1 Å². The number of aliphatic hydroxyl groups is 4. The second-order valence-corrected chi connectivity index (χ2v) is 10.8. The molecule has 12 atom stereocenters. The van der Waals surface area contributed by atoms with E-state index in [1.807, 2.05) is 0 Å². The molecule has 0 unspecified atom stereocenters. The van der Waals surface area contributed by atoms with Crippen molar-refractivity contribution in [3.63, 3.8) is 0 Å². The van der Waals surface area contributed by atoms with Crippen LogP contribution in [0.4, 0.5) is 0 Å². The van der Waals surface area contributed by atoms with Gasteiger partial charge < -0.3 is 39.4 Å². The second kappa shape index (κ2) is 4.91. The molecular weight excluding hydrogens is 416 g/mol. The molecule has 0 amide bonds. The van der Waals surface area contributed by atoms with Crippen LogP contribution in [-0.4, -0.2) is 86.3 Å². The van der Waals surface area contributed by atoms with E-state index in [-0.39, 0.29) is 0 Å². The van der Waals surface area contributed by atoms with Gasteiger partial charge in [0.25, 0.3) is 0 Å². The standard InChI is InChI=1S/C20H24O11/c1-5-12(24)28-11-8(22)18-10-6(21)7(16(2,3)4)17(18)9(23)13(25)30-15(17)31-20(18,14(26)29-10)19(5,11)27/h5-11,15,21-23,27H,1-4H3/t5-,6-,7-,8+,9+,10-,11+,15+,17+,18-,19-,20-/m1/s1. The summed E-state index contributed by atoms with van der Waals surface area (Å²) in [5.41, 5.74) is -9.40. The summed E-state index contributed by atoms with van der Waals surface area (Å²) in [6.07, 6.45) is -9.69. The molecule has 4 aliphatic heterocycles. The minimum absolute atomic E-state index is 0.792. The maximum absolute atomic E-state index is 13.4. The molecule has 2 aliphatic carbocycles. The maximum Gasteiger partial charge on any atom is 0.343 e. The molecule has 11 nitrogen and oxygen atoms in total. The molecule has 0 radical (unpaired) electrons. The minimum Gasteiger partial charge on any atom is -0.456 e. The molecule has 0 aromatic carbocycles. The Kier molecular flexibility index (Phi) is 3.15. The van der Waals surface area contributed by atoms with E-state index in [9.17, 15) is 34.8 Å². The third kappa shape index (κ3) is 1.43. The van der Waals surface area contributed by atoms with E-state index in [0.717, 1.165) is 0 Å². The molecule has 6 aliphatic rings. The van der Waals surface area contributed by atoms with Gasteiger partial charge in [0.15, 0.2) is 17.8 Å². The van der Waals surface area contributed by atoms with Crippen LogP contribution in [-0.2, 0) is 33.3 Å². The van der Waals surface area contributed by atoms with Crippen LogP contribution in [0.25, 0.3) is 0 Å². The fraction of sp³-hybridized carbons (Fsp3) is 0.850. The summed E-state index contributed by atoms with van der Waals surface area (Å²) >= 11 is 0. The summed E-state index contributed by atoms with van der Waals surface area (Å²) in [6.45, 7) is 6.63. The summed E-state index contributed by atoms with van der Waals surface area (Å²) in [4.78, 5) is 38.3. The van der Waals surface area contributed by atoms with Crippen LogP contribution in [0.2, 0.25) is 0 Å². The van der Waals surface area contributed by atoms with Crippen molar-refractivity contribution in [3.05, 3.63) is 0 Å². The Morgan fingerprint density at radius 3 is 2.19 bits per heavy atom. The van der Waals surface area contributed by atoms with Gasteiger partial charge in [-0.25, -0.2) is 9.59 Å². The molecule has 6 fully saturated rings. The van der Waals surface area contributed by atoms with E-state index < -0.39 is 94.0 Å². The van der Waals surface area contributed by atoms with Crippen LogP contribution in [0.15, 0.2) is 0 Å². The summed E-state index contributed by atoms with van der Waals surface area (Å²) in [7, 11) is 0. The molecular formula is C20H24O11. The third-order valence-electron chi connectivity index (χ3n) is 8.95. The van der Waals surface area contributed by atoms with Gasteiger partial charge in [-0.2, -0.15) is 0 Å². The van der Waals surface area contributed by atoms with Crippen molar-refractivity contribution >= 4 is 17.9 Å². The number of fused-ring (bicyclic) bond motifs is 1. The highest BCUT2D eigenvalue weighted by Gasteiger charge is 3.05. The molecule has 2 spiro atoms. The van der Waals surface area contributed by atoms with Gasteiger partial charge in [0.1, 0.15) is 12.2 Å². The van der Waals surface area contributed by atoms with Gasteiger partial charge >= 0.3 is 17.9 Å². The summed E-state index contributed by atoms with van der Waals surface area (Å²) in [6, 6.07) is 0. The van der Waals surface area contributed by atoms with E-state index in [2.05, 4.69) is 0 Å². The van der Waals surface area contributed by atoms with Crippen LogP contribution >= 0.6 is 0 Å². The zero-order chi connectivity index (χ0) is 22.7. The number of rotatable bonds is 0. The molecule has 6 rings (SSSR count). The summed E-state index contributed by atoms with van der Waals surface area (Å²) < 4.78 is 22.2. The van der Waals surface area contributed by atoms with Gasteiger partial charge in [-0.05, 0) is 12.3 Å². The molecule has 4 saturated heterocycles. The van der Waals surface area contributed by atoms with E-state index >= 15 is 0 Å². The Labute approximate surface area is 176 Å². The highest BCUT2D eigenvalue weighted by molar-refractivity contribution is 5.94. The summed E-state index contributed by atoms with van der Waals surface area (Å²) in [5.74, 6) is -5.22. The number of carbonyl (C=O) groups excluding carboxylic acids is 3. The molecule has 0 aromatic rings. The quantitative estimate of drug-likeness (QED) is 0.234. The first-order valence-corrected chi connectivity index (χ1v) is 10.3. The van der Waals surface area contributed by atoms with Crippen molar-refractivity contribution in [2.45, 2.75) is 75.7 Å². The fourth-order valence-electron chi connectivity index (χ4n) is 8.27. The lowest BCUT2D eigenvalue weighted by molar-refractivity contribution is -0.240. The number of esters is 3. The van der Waals surface area contributed by atoms with E-state index in [1.165, 1.54) is 6.92 Å². The second-order valence-electron chi connectivity index (χ2n) is 10.8. The van der Waals surface area contributed by atoms with E-state index in [1.54, 1.807) is 20.8 Å².